The first-order valence-electron chi connectivity index (χ1n) is 28.6. The number of unbranched alkanes of at least 4 members (excludes halogenated alkanes) is 24. The number of nitrogens with zero attached hydrogens (tertiary/aromatic N) is 1. The molecule has 0 saturated heterocycles. The van der Waals surface area contributed by atoms with E-state index in [0.717, 1.165) is 141 Å². The molecule has 0 spiro atoms. The van der Waals surface area contributed by atoms with Crippen LogP contribution in [0, 0.1) is 0 Å². The fraction of sp³-hybridized carbons (Fsp3) is 0.667. The summed E-state index contributed by atoms with van der Waals surface area (Å²) in [6.45, 7) is 6.75. The van der Waals surface area contributed by atoms with Crippen molar-refractivity contribution in [1.29, 1.82) is 0 Å². The van der Waals surface area contributed by atoms with Gasteiger partial charge in [-0.3, -0.25) is 14.4 Å². The van der Waals surface area contributed by atoms with Crippen LogP contribution in [0.3, 0.4) is 0 Å². The zero-order valence-electron chi connectivity index (χ0n) is 44.8. The summed E-state index contributed by atoms with van der Waals surface area (Å²) in [5, 5.41) is 0. The Morgan fingerprint density at radius 1 is 0.435 bits per heavy atom. The number of esters is 2. The number of anilines is 1. The molecule has 0 heterocycles. The van der Waals surface area contributed by atoms with Crippen LogP contribution in [0.4, 0.5) is 5.69 Å². The molecule has 0 fully saturated rings. The van der Waals surface area contributed by atoms with Gasteiger partial charge in [0.1, 0.15) is 6.61 Å². The van der Waals surface area contributed by atoms with Crippen LogP contribution in [0.2, 0.25) is 0 Å². The summed E-state index contributed by atoms with van der Waals surface area (Å²) < 4.78 is 11.8. The molecule has 0 aliphatic heterocycles. The van der Waals surface area contributed by atoms with E-state index in [1.165, 1.54) is 77.0 Å². The highest BCUT2D eigenvalue weighted by atomic mass is 16.6. The van der Waals surface area contributed by atoms with Crippen LogP contribution in [-0.2, 0) is 23.9 Å². The van der Waals surface area contributed by atoms with Gasteiger partial charge in [-0.1, -0.05) is 215 Å². The number of ether oxygens (including phenoxy) is 2. The third-order valence-corrected chi connectivity index (χ3v) is 12.5. The minimum atomic E-state index is -0.750. The van der Waals surface area contributed by atoms with Gasteiger partial charge in [0.2, 0.25) is 5.91 Å². The molecular weight excluding hydrogens is 851 g/mol. The topological polar surface area (TPSA) is 72.9 Å². The molecule has 0 aliphatic rings. The van der Waals surface area contributed by atoms with Crippen LogP contribution in [-0.4, -0.2) is 37.1 Å². The third-order valence-electron chi connectivity index (χ3n) is 12.5. The molecule has 0 N–H and O–H groups in total. The molecule has 0 bridgehead atoms. The van der Waals surface area contributed by atoms with Crippen LogP contribution in [0.1, 0.15) is 252 Å². The van der Waals surface area contributed by atoms with E-state index in [0.29, 0.717) is 19.3 Å². The SMILES string of the molecule is CCC=CCC=CCC=CCCCCCCCC(=O)N(C[C@@H](COC(=O)CCCCCCCC=CCC=CCCCCC)OC(=O)CCCCCCCC=CCCCCCCCC)c1ccccc1. The summed E-state index contributed by atoms with van der Waals surface area (Å²) in [6, 6.07) is 9.62. The first kappa shape index (κ1) is 63.1. The summed E-state index contributed by atoms with van der Waals surface area (Å²) in [5.74, 6) is -0.578. The molecule has 6 heteroatoms. The molecule has 1 amide bonds. The van der Waals surface area contributed by atoms with E-state index in [1.807, 2.05) is 30.3 Å². The maximum atomic E-state index is 13.9. The molecule has 0 aliphatic carbocycles. The van der Waals surface area contributed by atoms with Gasteiger partial charge in [0, 0.05) is 24.9 Å². The van der Waals surface area contributed by atoms with Crippen molar-refractivity contribution in [3.05, 3.63) is 103 Å². The number of carbonyl (C=O) groups is 3. The van der Waals surface area contributed by atoms with Gasteiger partial charge in [-0.2, -0.15) is 0 Å². The lowest BCUT2D eigenvalue weighted by atomic mass is 10.1. The van der Waals surface area contributed by atoms with Crippen molar-refractivity contribution in [3.8, 4) is 0 Å². The number of hydrogen-bond acceptors (Lipinski definition) is 5. The molecule has 69 heavy (non-hydrogen) atoms. The van der Waals surface area contributed by atoms with Crippen LogP contribution in [0.5, 0.6) is 0 Å². The van der Waals surface area contributed by atoms with Gasteiger partial charge in [0.15, 0.2) is 6.10 Å². The number of rotatable bonds is 48. The van der Waals surface area contributed by atoms with Gasteiger partial charge in [0.25, 0.3) is 0 Å². The molecule has 6 nitrogen and oxygen atoms in total. The number of para-hydroxylation sites is 1. The van der Waals surface area contributed by atoms with E-state index in [9.17, 15) is 14.4 Å². The summed E-state index contributed by atoms with van der Waals surface area (Å²) in [6.07, 6.45) is 64.7. The monoisotopic (exact) mass is 954 g/mol. The number of amides is 1. The highest BCUT2D eigenvalue weighted by Crippen LogP contribution is 2.20. The Morgan fingerprint density at radius 3 is 1.30 bits per heavy atom. The highest BCUT2D eigenvalue weighted by molar-refractivity contribution is 5.93. The Kier molecular flexibility index (Phi) is 46.1. The summed E-state index contributed by atoms with van der Waals surface area (Å²) >= 11 is 0. The lowest BCUT2D eigenvalue weighted by Gasteiger charge is -2.28. The van der Waals surface area contributed by atoms with Crippen LogP contribution < -0.4 is 4.90 Å². The fourth-order valence-electron chi connectivity index (χ4n) is 8.24. The Labute approximate surface area is 425 Å². The van der Waals surface area contributed by atoms with E-state index < -0.39 is 6.10 Å². The van der Waals surface area contributed by atoms with Crippen molar-refractivity contribution in [3.63, 3.8) is 0 Å². The molecule has 1 aromatic rings. The second kappa shape index (κ2) is 50.5. The highest BCUT2D eigenvalue weighted by Gasteiger charge is 2.25. The predicted molar refractivity (Wildman–Crippen MR) is 298 cm³/mol. The maximum Gasteiger partial charge on any atom is 0.306 e. The van der Waals surface area contributed by atoms with E-state index in [1.54, 1.807) is 4.90 Å². The number of carbonyl (C=O) groups excluding carboxylic acids is 3. The minimum absolute atomic E-state index is 0.00265. The lowest BCUT2D eigenvalue weighted by molar-refractivity contribution is -0.158. The van der Waals surface area contributed by atoms with Crippen molar-refractivity contribution in [2.24, 2.45) is 0 Å². The quantitative estimate of drug-likeness (QED) is 0.0370. The van der Waals surface area contributed by atoms with Gasteiger partial charge < -0.3 is 14.4 Å². The Hall–Kier alpha value is -3.93. The fourth-order valence-corrected chi connectivity index (χ4v) is 8.24. The predicted octanol–water partition coefficient (Wildman–Crippen LogP) is 18.9. The molecule has 1 atom stereocenters. The summed E-state index contributed by atoms with van der Waals surface area (Å²) in [7, 11) is 0. The van der Waals surface area contributed by atoms with Crippen molar-refractivity contribution in [2.45, 2.75) is 258 Å². The molecule has 1 rings (SSSR count). The Bertz CT molecular complexity index is 1510. The zero-order valence-corrected chi connectivity index (χ0v) is 44.8. The average Bonchev–Trinajstić information content (AvgIpc) is 3.36. The molecule has 0 aromatic heterocycles. The second-order valence-electron chi connectivity index (χ2n) is 19.1. The normalized spacial score (nSPS) is 12.5. The van der Waals surface area contributed by atoms with Gasteiger partial charge in [0.05, 0.1) is 6.54 Å². The first-order chi connectivity index (χ1) is 34.0. The van der Waals surface area contributed by atoms with Gasteiger partial charge in [-0.05, 0) is 121 Å². The van der Waals surface area contributed by atoms with Gasteiger partial charge in [-0.15, -0.1) is 0 Å². The van der Waals surface area contributed by atoms with E-state index in [4.69, 9.17) is 9.47 Å². The molecule has 1 aromatic carbocycles. The largest absolute Gasteiger partial charge is 0.462 e. The number of hydrogen-bond donors (Lipinski definition) is 0. The van der Waals surface area contributed by atoms with E-state index in [2.05, 4.69) is 93.7 Å². The zero-order chi connectivity index (χ0) is 49.8. The summed E-state index contributed by atoms with van der Waals surface area (Å²) in [5.41, 5.74) is 0.760. The Morgan fingerprint density at radius 2 is 0.812 bits per heavy atom. The number of allylic oxidation sites excluding steroid dienone is 12. The minimum Gasteiger partial charge on any atom is -0.462 e. The van der Waals surface area contributed by atoms with E-state index in [-0.39, 0.29) is 31.0 Å². The van der Waals surface area contributed by atoms with Crippen molar-refractivity contribution >= 4 is 23.5 Å². The molecule has 390 valence electrons. The van der Waals surface area contributed by atoms with Crippen LogP contribution in [0.25, 0.3) is 0 Å². The van der Waals surface area contributed by atoms with Gasteiger partial charge in [-0.25, -0.2) is 0 Å². The third kappa shape index (κ3) is 42.7. The lowest BCUT2D eigenvalue weighted by Crippen LogP contribution is -2.41. The standard InChI is InChI=1S/C63H103NO5/c1-4-7-10-13-16-19-22-25-28-31-34-37-40-43-49-54-61(65)64(59-52-47-46-48-53-59)57-60(69-63(67)56-51-45-42-39-36-33-30-27-24-21-18-15-12-9-6-3)58-68-62(66)55-50-44-41-38-35-32-29-26-23-20-17-14-11-8-5-2/h7,10,16-17,19-20,25-30,46-48,52-53,60H,4-6,8-9,11-15,18,21-24,31-45,49-51,54-58H2,1-3H3/t60-/m0/s1. The van der Waals surface area contributed by atoms with Gasteiger partial charge >= 0.3 is 11.9 Å². The van der Waals surface area contributed by atoms with E-state index >= 15 is 0 Å². The Balaban J connectivity index is 2.63. The maximum absolute atomic E-state index is 13.9. The molecular formula is C63H103NO5. The van der Waals surface area contributed by atoms with Crippen molar-refractivity contribution in [1.82, 2.24) is 0 Å². The summed E-state index contributed by atoms with van der Waals surface area (Å²) in [4.78, 5) is 41.9. The average molecular weight is 955 g/mol. The first-order valence-corrected chi connectivity index (χ1v) is 28.6. The van der Waals surface area contributed by atoms with Crippen molar-refractivity contribution < 1.29 is 23.9 Å². The smallest absolute Gasteiger partial charge is 0.306 e. The van der Waals surface area contributed by atoms with Crippen LogP contribution in [0.15, 0.2) is 103 Å². The molecule has 0 saturated carbocycles. The molecule has 0 radical (unpaired) electrons. The van der Waals surface area contributed by atoms with Crippen molar-refractivity contribution in [2.75, 3.05) is 18.1 Å². The number of benzene rings is 1. The second-order valence-corrected chi connectivity index (χ2v) is 19.1. The van der Waals surface area contributed by atoms with Crippen LogP contribution >= 0.6 is 0 Å². The molecule has 0 unspecified atom stereocenters.